The molecule has 3 fully saturated rings. The molecule has 0 bridgehead atoms. The molecule has 0 spiro atoms. The summed E-state index contributed by atoms with van der Waals surface area (Å²) >= 11 is 1.20. The quantitative estimate of drug-likeness (QED) is 0.148. The third-order valence-corrected chi connectivity index (χ3v) is 14.1. The first-order valence-electron chi connectivity index (χ1n) is 14.8. The SMILES string of the molecule is COc1cc(P(=O)(C2CC2)C2CC2)ccc1NCC#Cc1sc2c(N[C@H]3CCN(C)C[C@H]3F)cccc2c1CC(F)(F)F. The number of benzene rings is 2. The summed E-state index contributed by atoms with van der Waals surface area (Å²) in [6.45, 7) is 1.24. The Hall–Kier alpha value is -2.73. The van der Waals surface area contributed by atoms with E-state index in [9.17, 15) is 22.1 Å². The molecule has 230 valence electrons. The highest BCUT2D eigenvalue weighted by Crippen LogP contribution is 2.69. The molecule has 1 saturated heterocycles. The number of likely N-dealkylation sites (tertiary alicyclic amines) is 1. The van der Waals surface area contributed by atoms with Crippen LogP contribution in [0.15, 0.2) is 36.4 Å². The zero-order valence-electron chi connectivity index (χ0n) is 24.3. The van der Waals surface area contributed by atoms with Crippen LogP contribution in [0.3, 0.4) is 0 Å². The predicted octanol–water partition coefficient (Wildman–Crippen LogP) is 7.25. The lowest BCUT2D eigenvalue weighted by molar-refractivity contribution is -0.126. The van der Waals surface area contributed by atoms with Crippen LogP contribution < -0.4 is 20.7 Å². The van der Waals surface area contributed by atoms with Gasteiger partial charge >= 0.3 is 6.18 Å². The average molecular weight is 634 g/mol. The van der Waals surface area contributed by atoms with Crippen LogP contribution in [0, 0.1) is 11.8 Å². The van der Waals surface area contributed by atoms with Crippen molar-refractivity contribution in [3.63, 3.8) is 0 Å². The Morgan fingerprint density at radius 2 is 1.84 bits per heavy atom. The highest BCUT2D eigenvalue weighted by molar-refractivity contribution is 7.73. The second-order valence-electron chi connectivity index (χ2n) is 11.9. The van der Waals surface area contributed by atoms with E-state index in [4.69, 9.17) is 4.74 Å². The molecule has 2 aliphatic carbocycles. The van der Waals surface area contributed by atoms with Gasteiger partial charge in [0.05, 0.1) is 47.1 Å². The van der Waals surface area contributed by atoms with E-state index >= 15 is 0 Å². The Balaban J connectivity index is 1.23. The molecule has 0 unspecified atom stereocenters. The van der Waals surface area contributed by atoms with Crippen LogP contribution in [0.5, 0.6) is 5.75 Å². The fourth-order valence-electron chi connectivity index (χ4n) is 6.12. The molecule has 2 aromatic carbocycles. The van der Waals surface area contributed by atoms with Crippen LogP contribution in [0.25, 0.3) is 10.1 Å². The molecule has 3 aromatic rings. The van der Waals surface area contributed by atoms with E-state index in [1.807, 2.05) is 30.1 Å². The van der Waals surface area contributed by atoms with Gasteiger partial charge in [-0.05, 0) is 74.4 Å². The second kappa shape index (κ2) is 12.0. The number of rotatable bonds is 9. The first-order valence-corrected chi connectivity index (χ1v) is 17.4. The molecule has 5 nitrogen and oxygen atoms in total. The van der Waals surface area contributed by atoms with Gasteiger partial charge in [0.2, 0.25) is 0 Å². The van der Waals surface area contributed by atoms with Crippen molar-refractivity contribution in [1.29, 1.82) is 0 Å². The molecular weight excluding hydrogens is 597 g/mol. The molecular formula is C32H36F4N3O2PS. The molecule has 2 saturated carbocycles. The number of alkyl halides is 4. The molecule has 6 rings (SSSR count). The first kappa shape index (κ1) is 30.3. The lowest BCUT2D eigenvalue weighted by Crippen LogP contribution is -2.46. The second-order valence-corrected chi connectivity index (χ2v) is 16.3. The number of hydrogen-bond donors (Lipinski definition) is 2. The van der Waals surface area contributed by atoms with Gasteiger partial charge in [0.25, 0.3) is 0 Å². The smallest absolute Gasteiger partial charge is 0.393 e. The summed E-state index contributed by atoms with van der Waals surface area (Å²) in [5, 5.41) is 7.84. The van der Waals surface area contributed by atoms with Crippen molar-refractivity contribution in [1.82, 2.24) is 4.90 Å². The van der Waals surface area contributed by atoms with E-state index in [0.717, 1.165) is 37.5 Å². The minimum Gasteiger partial charge on any atom is -0.495 e. The molecule has 0 radical (unpaired) electrons. The summed E-state index contributed by atoms with van der Waals surface area (Å²) in [6.07, 6.45) is -1.88. The van der Waals surface area contributed by atoms with Crippen LogP contribution in [-0.2, 0) is 11.0 Å². The van der Waals surface area contributed by atoms with Crippen molar-refractivity contribution >= 4 is 45.2 Å². The van der Waals surface area contributed by atoms with Crippen molar-refractivity contribution in [2.75, 3.05) is 44.4 Å². The number of ether oxygens (including phenoxy) is 1. The maximum atomic E-state index is 14.7. The lowest BCUT2D eigenvalue weighted by atomic mass is 10.0. The van der Waals surface area contributed by atoms with Gasteiger partial charge in [-0.25, -0.2) is 4.39 Å². The summed E-state index contributed by atoms with van der Waals surface area (Å²) in [5.41, 5.74) is 2.05. The van der Waals surface area contributed by atoms with Gasteiger partial charge in [-0.3, -0.25) is 0 Å². The van der Waals surface area contributed by atoms with Crippen LogP contribution in [0.2, 0.25) is 0 Å². The Bertz CT molecular complexity index is 1590. The Kier molecular flexibility index (Phi) is 8.45. The van der Waals surface area contributed by atoms with E-state index in [1.165, 1.54) is 11.3 Å². The molecule has 11 heteroatoms. The zero-order valence-corrected chi connectivity index (χ0v) is 26.0. The van der Waals surface area contributed by atoms with Gasteiger partial charge in [0.1, 0.15) is 19.1 Å². The Labute approximate surface area is 253 Å². The first-order chi connectivity index (χ1) is 20.6. The van der Waals surface area contributed by atoms with E-state index in [1.54, 1.807) is 25.3 Å². The number of fused-ring (bicyclic) bond motifs is 1. The van der Waals surface area contributed by atoms with E-state index in [-0.39, 0.29) is 12.1 Å². The summed E-state index contributed by atoms with van der Waals surface area (Å²) < 4.78 is 75.8. The molecule has 2 atom stereocenters. The van der Waals surface area contributed by atoms with Crippen LogP contribution in [-0.4, -0.2) is 68.4 Å². The molecule has 2 heterocycles. The number of methoxy groups -OCH3 is 1. The number of hydrogen-bond acceptors (Lipinski definition) is 6. The standard InChI is InChI=1S/C32H36F4N3O2PS/c1-39-16-14-26(25(33)19-39)38-28-6-3-5-23-24(18-32(34,35)36)30(43-31(23)28)7-4-15-37-27-13-12-22(17-29(27)41-2)42(40,20-8-9-20)21-10-11-21/h3,5-6,12-13,17,20-21,25-26,37-38H,8-11,14-16,18-19H2,1-2H3/t25-,26+/m1/s1. The number of nitrogens with zero attached hydrogens (tertiary/aromatic N) is 1. The zero-order chi connectivity index (χ0) is 30.4. The molecule has 0 amide bonds. The van der Waals surface area contributed by atoms with Crippen LogP contribution in [0.1, 0.15) is 42.5 Å². The highest BCUT2D eigenvalue weighted by Gasteiger charge is 2.51. The third-order valence-electron chi connectivity index (χ3n) is 8.62. The number of anilines is 2. The third kappa shape index (κ3) is 6.55. The molecule has 1 aliphatic heterocycles. The number of thiophene rings is 1. The minimum atomic E-state index is -4.40. The van der Waals surface area contributed by atoms with Gasteiger partial charge < -0.3 is 24.8 Å². The van der Waals surface area contributed by atoms with Gasteiger partial charge in [0.15, 0.2) is 0 Å². The Morgan fingerprint density at radius 3 is 2.49 bits per heavy atom. The fourth-order valence-corrected chi connectivity index (χ4v) is 11.2. The van der Waals surface area contributed by atoms with Gasteiger partial charge in [-0.1, -0.05) is 24.0 Å². The van der Waals surface area contributed by atoms with Crippen LogP contribution >= 0.6 is 18.5 Å². The Morgan fingerprint density at radius 1 is 1.09 bits per heavy atom. The normalized spacial score (nSPS) is 21.3. The van der Waals surface area contributed by atoms with Gasteiger partial charge in [-0.15, -0.1) is 11.3 Å². The van der Waals surface area contributed by atoms with Gasteiger partial charge in [-0.2, -0.15) is 13.2 Å². The number of piperidine rings is 1. The van der Waals surface area contributed by atoms with Crippen molar-refractivity contribution < 1.29 is 26.9 Å². The van der Waals surface area contributed by atoms with E-state index in [0.29, 0.717) is 56.4 Å². The maximum absolute atomic E-state index is 14.7. The molecule has 43 heavy (non-hydrogen) atoms. The average Bonchev–Trinajstić information content (AvgIpc) is 3.89. The fraction of sp³-hybridized carbons (Fsp3) is 0.500. The number of halogens is 4. The summed E-state index contributed by atoms with van der Waals surface area (Å²) in [4.78, 5) is 2.28. The maximum Gasteiger partial charge on any atom is 0.393 e. The molecule has 1 aromatic heterocycles. The topological polar surface area (TPSA) is 53.6 Å². The van der Waals surface area contributed by atoms with Crippen LogP contribution in [0.4, 0.5) is 28.9 Å². The molecule has 3 aliphatic rings. The minimum absolute atomic E-state index is 0.140. The van der Waals surface area contributed by atoms with E-state index in [2.05, 4.69) is 22.5 Å². The largest absolute Gasteiger partial charge is 0.495 e. The highest BCUT2D eigenvalue weighted by atomic mass is 32.1. The summed E-state index contributed by atoms with van der Waals surface area (Å²) in [7, 11) is 1.00. The van der Waals surface area contributed by atoms with Crippen molar-refractivity contribution in [2.24, 2.45) is 0 Å². The monoisotopic (exact) mass is 633 g/mol. The van der Waals surface area contributed by atoms with Crippen molar-refractivity contribution in [3.8, 4) is 17.6 Å². The molecule has 2 N–H and O–H groups in total. The summed E-state index contributed by atoms with van der Waals surface area (Å²) in [5.74, 6) is 6.54. The van der Waals surface area contributed by atoms with E-state index < -0.39 is 32.0 Å². The lowest BCUT2D eigenvalue weighted by Gasteiger charge is -2.33. The number of nitrogens with one attached hydrogen (secondary N) is 2. The van der Waals surface area contributed by atoms with Gasteiger partial charge in [0, 0.05) is 29.7 Å². The van der Waals surface area contributed by atoms with Crippen molar-refractivity contribution in [2.45, 2.75) is 68.2 Å². The summed E-state index contributed by atoms with van der Waals surface area (Å²) in [6, 6.07) is 10.4. The predicted molar refractivity (Wildman–Crippen MR) is 168 cm³/mol. The van der Waals surface area contributed by atoms with Crippen molar-refractivity contribution in [3.05, 3.63) is 46.8 Å².